The number of hydrogen-bond donors (Lipinski definition) is 1. The van der Waals surface area contributed by atoms with Crippen molar-refractivity contribution in [1.29, 1.82) is 0 Å². The molecule has 1 aliphatic carbocycles. The van der Waals surface area contributed by atoms with Crippen molar-refractivity contribution >= 4 is 5.91 Å². The number of hydrazine groups is 1. The number of fused-ring (bicyclic) bond motifs is 2. The molecular weight excluding hydrogens is 252 g/mol. The fourth-order valence-corrected chi connectivity index (χ4v) is 3.79. The first-order chi connectivity index (χ1) is 8.96. The van der Waals surface area contributed by atoms with Gasteiger partial charge in [-0.3, -0.25) is 10.6 Å². The topological polar surface area (TPSA) is 49.6 Å². The van der Waals surface area contributed by atoms with E-state index in [2.05, 4.69) is 0 Å². The first-order valence-electron chi connectivity index (χ1n) is 7.16. The van der Waals surface area contributed by atoms with E-state index < -0.39 is 5.92 Å². The SMILES string of the molecule is NN1CC2CCC(C1)N2C(=O)C1CCC(F)(F)CC1. The second kappa shape index (κ2) is 4.66. The number of piperazine rings is 1. The zero-order chi connectivity index (χ0) is 13.6. The molecule has 2 saturated heterocycles. The molecule has 4 nitrogen and oxygen atoms in total. The summed E-state index contributed by atoms with van der Waals surface area (Å²) >= 11 is 0. The van der Waals surface area contributed by atoms with Crippen molar-refractivity contribution in [3.05, 3.63) is 0 Å². The van der Waals surface area contributed by atoms with E-state index in [4.69, 9.17) is 5.84 Å². The van der Waals surface area contributed by atoms with Crippen LogP contribution in [0.15, 0.2) is 0 Å². The van der Waals surface area contributed by atoms with Crippen molar-refractivity contribution in [2.24, 2.45) is 11.8 Å². The number of carbonyl (C=O) groups is 1. The average molecular weight is 273 g/mol. The highest BCUT2D eigenvalue weighted by atomic mass is 19.3. The maximum absolute atomic E-state index is 13.2. The molecule has 2 heterocycles. The van der Waals surface area contributed by atoms with E-state index >= 15 is 0 Å². The van der Waals surface area contributed by atoms with Crippen LogP contribution in [0, 0.1) is 5.92 Å². The molecule has 2 atom stereocenters. The lowest BCUT2D eigenvalue weighted by molar-refractivity contribution is -0.145. The molecule has 3 fully saturated rings. The summed E-state index contributed by atoms with van der Waals surface area (Å²) < 4.78 is 26.3. The average Bonchev–Trinajstić information content (AvgIpc) is 2.61. The molecule has 0 aromatic heterocycles. The lowest BCUT2D eigenvalue weighted by atomic mass is 9.85. The third-order valence-corrected chi connectivity index (χ3v) is 4.83. The lowest BCUT2D eigenvalue weighted by Gasteiger charge is -2.41. The summed E-state index contributed by atoms with van der Waals surface area (Å²) in [4.78, 5) is 14.5. The molecule has 3 aliphatic rings. The van der Waals surface area contributed by atoms with E-state index in [9.17, 15) is 13.6 Å². The molecule has 2 N–H and O–H groups in total. The Hall–Kier alpha value is -0.750. The van der Waals surface area contributed by atoms with Gasteiger partial charge in [-0.25, -0.2) is 13.8 Å². The van der Waals surface area contributed by atoms with Gasteiger partial charge in [-0.2, -0.15) is 0 Å². The molecule has 0 spiro atoms. The Morgan fingerprint density at radius 2 is 1.58 bits per heavy atom. The number of nitrogens with two attached hydrogens (primary N) is 1. The fourth-order valence-electron chi connectivity index (χ4n) is 3.79. The minimum absolute atomic E-state index is 0.0936. The van der Waals surface area contributed by atoms with Crippen LogP contribution in [0.2, 0.25) is 0 Å². The standard InChI is InChI=1S/C13H21F2N3O/c14-13(15)5-3-9(4-6-13)12(19)18-10-1-2-11(18)8-17(16)7-10/h9-11H,1-8,16H2. The lowest BCUT2D eigenvalue weighted by Crippen LogP contribution is -2.59. The minimum atomic E-state index is -2.56. The van der Waals surface area contributed by atoms with Crippen LogP contribution < -0.4 is 5.84 Å². The first kappa shape index (κ1) is 13.2. The first-order valence-corrected chi connectivity index (χ1v) is 7.16. The molecule has 2 bridgehead atoms. The van der Waals surface area contributed by atoms with Crippen molar-refractivity contribution < 1.29 is 13.6 Å². The molecular formula is C13H21F2N3O. The molecule has 1 saturated carbocycles. The van der Waals surface area contributed by atoms with E-state index in [1.54, 1.807) is 5.01 Å². The van der Waals surface area contributed by atoms with Gasteiger partial charge in [0.05, 0.1) is 0 Å². The quantitative estimate of drug-likeness (QED) is 0.734. The summed E-state index contributed by atoms with van der Waals surface area (Å²) in [5.41, 5.74) is 0. The number of nitrogens with zero attached hydrogens (tertiary/aromatic N) is 2. The second-order valence-electron chi connectivity index (χ2n) is 6.21. The normalized spacial score (nSPS) is 35.6. The number of amides is 1. The maximum Gasteiger partial charge on any atom is 0.248 e. The van der Waals surface area contributed by atoms with Gasteiger partial charge in [0.15, 0.2) is 0 Å². The molecule has 1 amide bonds. The van der Waals surface area contributed by atoms with Crippen LogP contribution in [0.5, 0.6) is 0 Å². The molecule has 3 rings (SSSR count). The van der Waals surface area contributed by atoms with Crippen molar-refractivity contribution in [3.63, 3.8) is 0 Å². The molecule has 0 radical (unpaired) electrons. The Balaban J connectivity index is 1.65. The van der Waals surface area contributed by atoms with Crippen molar-refractivity contribution in [2.45, 2.75) is 56.5 Å². The molecule has 0 aromatic carbocycles. The van der Waals surface area contributed by atoms with Gasteiger partial charge in [0, 0.05) is 43.9 Å². The summed E-state index contributed by atoms with van der Waals surface area (Å²) in [6.07, 6.45) is 2.35. The van der Waals surface area contributed by atoms with E-state index in [0.717, 1.165) is 12.8 Å². The second-order valence-corrected chi connectivity index (χ2v) is 6.21. The monoisotopic (exact) mass is 273 g/mol. The van der Waals surface area contributed by atoms with Crippen molar-refractivity contribution in [3.8, 4) is 0 Å². The predicted molar refractivity (Wildman–Crippen MR) is 66.3 cm³/mol. The van der Waals surface area contributed by atoms with Crippen LogP contribution >= 0.6 is 0 Å². The van der Waals surface area contributed by atoms with Gasteiger partial charge in [0.25, 0.3) is 0 Å². The zero-order valence-electron chi connectivity index (χ0n) is 11.0. The highest BCUT2D eigenvalue weighted by Crippen LogP contribution is 2.39. The minimum Gasteiger partial charge on any atom is -0.334 e. The number of alkyl halides is 2. The molecule has 19 heavy (non-hydrogen) atoms. The van der Waals surface area contributed by atoms with Gasteiger partial charge in [-0.05, 0) is 25.7 Å². The molecule has 6 heteroatoms. The maximum atomic E-state index is 13.2. The predicted octanol–water partition coefficient (Wildman–Crippen LogP) is 1.36. The van der Waals surface area contributed by atoms with Gasteiger partial charge in [0.1, 0.15) is 0 Å². The Bertz CT molecular complexity index is 353. The molecule has 0 aromatic rings. The van der Waals surface area contributed by atoms with Crippen LogP contribution in [0.1, 0.15) is 38.5 Å². The van der Waals surface area contributed by atoms with Gasteiger partial charge in [-0.1, -0.05) is 0 Å². The zero-order valence-corrected chi connectivity index (χ0v) is 11.0. The summed E-state index contributed by atoms with van der Waals surface area (Å²) in [5.74, 6) is 3.16. The Kier molecular flexibility index (Phi) is 3.25. The highest BCUT2D eigenvalue weighted by molar-refractivity contribution is 5.80. The fraction of sp³-hybridized carbons (Fsp3) is 0.923. The van der Waals surface area contributed by atoms with E-state index in [1.807, 2.05) is 4.90 Å². The summed E-state index contributed by atoms with van der Waals surface area (Å²) in [5, 5.41) is 1.78. The largest absolute Gasteiger partial charge is 0.334 e. The van der Waals surface area contributed by atoms with Crippen LogP contribution in [-0.2, 0) is 4.79 Å². The van der Waals surface area contributed by atoms with Crippen molar-refractivity contribution in [1.82, 2.24) is 9.91 Å². The van der Waals surface area contributed by atoms with Crippen LogP contribution in [0.25, 0.3) is 0 Å². The molecule has 2 aliphatic heterocycles. The Labute approximate surface area is 111 Å². The van der Waals surface area contributed by atoms with E-state index in [1.165, 1.54) is 0 Å². The molecule has 108 valence electrons. The Morgan fingerprint density at radius 1 is 1.05 bits per heavy atom. The summed E-state index contributed by atoms with van der Waals surface area (Å²) in [6, 6.07) is 0.386. The highest BCUT2D eigenvalue weighted by Gasteiger charge is 2.45. The van der Waals surface area contributed by atoms with E-state index in [0.29, 0.717) is 25.9 Å². The van der Waals surface area contributed by atoms with Crippen molar-refractivity contribution in [2.75, 3.05) is 13.1 Å². The van der Waals surface area contributed by atoms with E-state index in [-0.39, 0.29) is 36.8 Å². The van der Waals surface area contributed by atoms with Gasteiger partial charge in [-0.15, -0.1) is 0 Å². The number of carbonyl (C=O) groups excluding carboxylic acids is 1. The van der Waals surface area contributed by atoms with Gasteiger partial charge < -0.3 is 4.90 Å². The van der Waals surface area contributed by atoms with Gasteiger partial charge in [0.2, 0.25) is 11.8 Å². The molecule has 2 unspecified atom stereocenters. The third-order valence-electron chi connectivity index (χ3n) is 4.83. The number of halogens is 2. The van der Waals surface area contributed by atoms with Crippen LogP contribution in [0.3, 0.4) is 0 Å². The van der Waals surface area contributed by atoms with Crippen LogP contribution in [0.4, 0.5) is 8.78 Å². The number of rotatable bonds is 1. The van der Waals surface area contributed by atoms with Crippen LogP contribution in [-0.4, -0.2) is 46.9 Å². The summed E-state index contributed by atoms with van der Waals surface area (Å²) in [7, 11) is 0. The summed E-state index contributed by atoms with van der Waals surface area (Å²) in [6.45, 7) is 1.43. The third kappa shape index (κ3) is 2.48. The Morgan fingerprint density at radius 3 is 2.11 bits per heavy atom. The smallest absolute Gasteiger partial charge is 0.248 e. The number of hydrogen-bond acceptors (Lipinski definition) is 3. The van der Waals surface area contributed by atoms with Gasteiger partial charge >= 0.3 is 0 Å².